The third kappa shape index (κ3) is 1.80. The number of nitrogens with zero attached hydrogens (tertiary/aromatic N) is 2. The average molecular weight is 314 g/mol. The summed E-state index contributed by atoms with van der Waals surface area (Å²) in [7, 11) is -3.40. The van der Waals surface area contributed by atoms with Crippen LogP contribution in [-0.2, 0) is 25.9 Å². The van der Waals surface area contributed by atoms with Gasteiger partial charge in [-0.25, -0.2) is 18.2 Å². The largest absolute Gasteiger partial charge is 0.501 e. The minimum absolute atomic E-state index is 0.0413. The summed E-state index contributed by atoms with van der Waals surface area (Å²) in [6.45, 7) is 1.57. The second-order valence-electron chi connectivity index (χ2n) is 5.12. The van der Waals surface area contributed by atoms with Crippen LogP contribution in [0.4, 0.5) is 0 Å². The lowest BCUT2D eigenvalue weighted by Gasteiger charge is -2.26. The first-order chi connectivity index (χ1) is 9.84. The lowest BCUT2D eigenvalue weighted by Crippen LogP contribution is -2.42. The molecular weight excluding hydrogens is 300 g/mol. The van der Waals surface area contributed by atoms with Crippen LogP contribution in [0.1, 0.15) is 36.1 Å². The molecule has 0 radical (unpaired) electrons. The van der Waals surface area contributed by atoms with Crippen LogP contribution in [0.2, 0.25) is 0 Å². The summed E-state index contributed by atoms with van der Waals surface area (Å²) in [5.74, 6) is -1.86. The molecule has 0 aromatic carbocycles. The highest BCUT2D eigenvalue weighted by Gasteiger charge is 2.60. The standard InChI is InChI=1S/C12H14N2O6S/c1-2-20-10(17)7-8(15)9(16)14-5-6-21(18,19)12(3-4-12)11(14)13-7/h15H,2-6H2,1H3. The Kier molecular flexibility index (Phi) is 2.88. The highest BCUT2D eigenvalue weighted by Crippen LogP contribution is 2.53. The summed E-state index contributed by atoms with van der Waals surface area (Å²) in [6.07, 6.45) is 0.740. The van der Waals surface area contributed by atoms with Gasteiger partial charge in [0.25, 0.3) is 5.56 Å². The molecule has 1 aromatic rings. The quantitative estimate of drug-likeness (QED) is 0.734. The van der Waals surface area contributed by atoms with E-state index in [1.54, 1.807) is 6.92 Å². The minimum atomic E-state index is -3.40. The number of aromatic nitrogens is 2. The fraction of sp³-hybridized carbons (Fsp3) is 0.583. The van der Waals surface area contributed by atoms with Gasteiger partial charge in [0.1, 0.15) is 10.6 Å². The summed E-state index contributed by atoms with van der Waals surface area (Å²) < 4.78 is 29.1. The van der Waals surface area contributed by atoms with Crippen LogP contribution in [0.15, 0.2) is 4.79 Å². The third-order valence-electron chi connectivity index (χ3n) is 3.90. The number of hydrogen-bond donors (Lipinski definition) is 1. The molecule has 3 rings (SSSR count). The van der Waals surface area contributed by atoms with Crippen molar-refractivity contribution in [1.82, 2.24) is 9.55 Å². The van der Waals surface area contributed by atoms with Crippen molar-refractivity contribution in [3.63, 3.8) is 0 Å². The molecule has 1 aliphatic carbocycles. The molecule has 0 saturated heterocycles. The lowest BCUT2D eigenvalue weighted by atomic mass is 10.3. The predicted octanol–water partition coefficient (Wildman–Crippen LogP) is -0.457. The molecule has 1 fully saturated rings. The Labute approximate surface area is 120 Å². The maximum atomic E-state index is 12.2. The minimum Gasteiger partial charge on any atom is -0.501 e. The second-order valence-corrected chi connectivity index (χ2v) is 7.54. The first kappa shape index (κ1) is 14.1. The van der Waals surface area contributed by atoms with Gasteiger partial charge in [-0.1, -0.05) is 0 Å². The van der Waals surface area contributed by atoms with Crippen molar-refractivity contribution < 1.29 is 23.1 Å². The highest BCUT2D eigenvalue weighted by molar-refractivity contribution is 7.92. The van der Waals surface area contributed by atoms with Crippen LogP contribution in [-0.4, -0.2) is 41.4 Å². The van der Waals surface area contributed by atoms with E-state index in [9.17, 15) is 23.1 Å². The first-order valence-corrected chi connectivity index (χ1v) is 8.23. The van der Waals surface area contributed by atoms with Gasteiger partial charge in [-0.3, -0.25) is 9.36 Å². The van der Waals surface area contributed by atoms with Crippen molar-refractivity contribution in [2.75, 3.05) is 12.4 Å². The fourth-order valence-electron chi connectivity index (χ4n) is 2.64. The van der Waals surface area contributed by atoms with Crippen molar-refractivity contribution in [1.29, 1.82) is 0 Å². The van der Waals surface area contributed by atoms with Crippen LogP contribution >= 0.6 is 0 Å². The Hall–Kier alpha value is -1.90. The number of ether oxygens (including phenoxy) is 1. The molecule has 1 saturated carbocycles. The average Bonchev–Trinajstić information content (AvgIpc) is 3.21. The van der Waals surface area contributed by atoms with Crippen molar-refractivity contribution in [2.24, 2.45) is 0 Å². The van der Waals surface area contributed by atoms with Crippen molar-refractivity contribution in [2.45, 2.75) is 31.1 Å². The molecular formula is C12H14N2O6S. The number of carbonyl (C=O) groups is 1. The van der Waals surface area contributed by atoms with E-state index in [0.29, 0.717) is 12.8 Å². The summed E-state index contributed by atoms with van der Waals surface area (Å²) in [4.78, 5) is 27.9. The van der Waals surface area contributed by atoms with Gasteiger partial charge in [-0.05, 0) is 19.8 Å². The monoisotopic (exact) mass is 314 g/mol. The molecule has 0 amide bonds. The van der Waals surface area contributed by atoms with E-state index >= 15 is 0 Å². The third-order valence-corrected chi connectivity index (χ3v) is 6.41. The van der Waals surface area contributed by atoms with Gasteiger partial charge in [0.2, 0.25) is 5.75 Å². The summed E-state index contributed by atoms with van der Waals surface area (Å²) in [5.41, 5.74) is -1.32. The van der Waals surface area contributed by atoms with E-state index < -0.39 is 37.6 Å². The molecule has 2 aliphatic rings. The molecule has 114 valence electrons. The van der Waals surface area contributed by atoms with Crippen molar-refractivity contribution in [3.8, 4) is 5.75 Å². The molecule has 2 heterocycles. The Morgan fingerprint density at radius 2 is 2.14 bits per heavy atom. The van der Waals surface area contributed by atoms with Gasteiger partial charge >= 0.3 is 5.97 Å². The van der Waals surface area contributed by atoms with Crippen LogP contribution in [0.5, 0.6) is 5.75 Å². The summed E-state index contributed by atoms with van der Waals surface area (Å²) >= 11 is 0. The van der Waals surface area contributed by atoms with Gasteiger partial charge < -0.3 is 9.84 Å². The Morgan fingerprint density at radius 1 is 1.48 bits per heavy atom. The van der Waals surface area contributed by atoms with Gasteiger partial charge in [-0.15, -0.1) is 0 Å². The molecule has 9 heteroatoms. The summed E-state index contributed by atoms with van der Waals surface area (Å²) in [6, 6.07) is 0. The topological polar surface area (TPSA) is 116 Å². The van der Waals surface area contributed by atoms with E-state index in [4.69, 9.17) is 4.74 Å². The lowest BCUT2D eigenvalue weighted by molar-refractivity contribution is 0.0514. The van der Waals surface area contributed by atoms with E-state index in [1.807, 2.05) is 0 Å². The molecule has 0 atom stereocenters. The molecule has 1 aliphatic heterocycles. The summed E-state index contributed by atoms with van der Waals surface area (Å²) in [5, 5.41) is 9.83. The van der Waals surface area contributed by atoms with Gasteiger partial charge in [0, 0.05) is 6.54 Å². The number of rotatable bonds is 2. The van der Waals surface area contributed by atoms with Crippen molar-refractivity contribution >= 4 is 15.8 Å². The second kappa shape index (κ2) is 4.30. The first-order valence-electron chi connectivity index (χ1n) is 6.58. The molecule has 8 nitrogen and oxygen atoms in total. The molecule has 1 aromatic heterocycles. The molecule has 21 heavy (non-hydrogen) atoms. The number of esters is 1. The zero-order valence-corrected chi connectivity index (χ0v) is 12.1. The van der Waals surface area contributed by atoms with E-state index in [1.165, 1.54) is 0 Å². The maximum Gasteiger partial charge on any atom is 0.361 e. The van der Waals surface area contributed by atoms with Crippen LogP contribution in [0.3, 0.4) is 0 Å². The van der Waals surface area contributed by atoms with E-state index in [-0.39, 0.29) is 24.7 Å². The fourth-order valence-corrected chi connectivity index (χ4v) is 4.61. The smallest absolute Gasteiger partial charge is 0.361 e. The van der Waals surface area contributed by atoms with Crippen LogP contribution in [0, 0.1) is 0 Å². The Bertz CT molecular complexity index is 791. The zero-order valence-electron chi connectivity index (χ0n) is 11.3. The Balaban J connectivity index is 2.25. The SMILES string of the molecule is CCOC(=O)c1nc2n(c(=O)c1O)CCS(=O)(=O)C21CC1. The molecule has 1 spiro atoms. The van der Waals surface area contributed by atoms with Crippen molar-refractivity contribution in [3.05, 3.63) is 21.9 Å². The Morgan fingerprint density at radius 3 is 2.71 bits per heavy atom. The maximum absolute atomic E-state index is 12.2. The molecule has 1 N–H and O–H groups in total. The van der Waals surface area contributed by atoms with Gasteiger partial charge in [0.05, 0.1) is 12.4 Å². The molecule has 0 unspecified atom stereocenters. The van der Waals surface area contributed by atoms with E-state index in [0.717, 1.165) is 4.57 Å². The van der Waals surface area contributed by atoms with Gasteiger partial charge in [0.15, 0.2) is 15.5 Å². The number of carbonyl (C=O) groups excluding carboxylic acids is 1. The number of aromatic hydroxyl groups is 1. The number of sulfone groups is 1. The van der Waals surface area contributed by atoms with Crippen LogP contribution < -0.4 is 5.56 Å². The van der Waals surface area contributed by atoms with E-state index in [2.05, 4.69) is 4.98 Å². The van der Waals surface area contributed by atoms with Crippen LogP contribution in [0.25, 0.3) is 0 Å². The van der Waals surface area contributed by atoms with Gasteiger partial charge in [-0.2, -0.15) is 0 Å². The molecule has 0 bridgehead atoms. The zero-order chi connectivity index (χ0) is 15.4. The normalized spacial score (nSPS) is 20.8. The number of fused-ring (bicyclic) bond motifs is 2. The number of hydrogen-bond acceptors (Lipinski definition) is 7. The predicted molar refractivity (Wildman–Crippen MR) is 70.8 cm³/mol. The highest BCUT2D eigenvalue weighted by atomic mass is 32.2.